The summed E-state index contributed by atoms with van der Waals surface area (Å²) in [5.41, 5.74) is 3.35. The van der Waals surface area contributed by atoms with Crippen molar-refractivity contribution in [3.05, 3.63) is 71.9 Å². The second-order valence-electron chi connectivity index (χ2n) is 5.18. The highest BCUT2D eigenvalue weighted by Crippen LogP contribution is 2.23. The fraction of sp³-hybridized carbons (Fsp3) is 0.0526. The minimum absolute atomic E-state index is 0.0910. The lowest BCUT2D eigenvalue weighted by molar-refractivity contribution is -0.114. The predicted molar refractivity (Wildman–Crippen MR) is 96.2 cm³/mol. The number of halogens is 1. The molecule has 0 fully saturated rings. The van der Waals surface area contributed by atoms with Crippen LogP contribution in [0.2, 0.25) is 0 Å². The van der Waals surface area contributed by atoms with Gasteiger partial charge in [-0.1, -0.05) is 48.0 Å². The number of nitrogens with one attached hydrogen (secondary N) is 1. The van der Waals surface area contributed by atoms with Gasteiger partial charge in [0.15, 0.2) is 0 Å². The van der Waals surface area contributed by atoms with Crippen molar-refractivity contribution in [1.29, 1.82) is 0 Å². The number of hydrogen-bond donors (Lipinski definition) is 1. The standard InChI is InChI=1S/C19H15ClN2O/c1-13(23)21-16-9-6-14(7-10-16)12-17(20)19-11-8-15-4-2-3-5-18(15)22-19/h2-12H,1H3,(H,21,23)/b17-12-. The first kappa shape index (κ1) is 15.3. The Labute approximate surface area is 139 Å². The smallest absolute Gasteiger partial charge is 0.221 e. The van der Waals surface area contributed by atoms with Crippen LogP contribution in [0.4, 0.5) is 5.69 Å². The van der Waals surface area contributed by atoms with Crippen LogP contribution in [0.15, 0.2) is 60.7 Å². The number of fused-ring (bicyclic) bond motifs is 1. The Morgan fingerprint density at radius 3 is 2.52 bits per heavy atom. The summed E-state index contributed by atoms with van der Waals surface area (Å²) in [4.78, 5) is 15.6. The van der Waals surface area contributed by atoms with E-state index in [-0.39, 0.29) is 5.91 Å². The molecule has 0 aliphatic carbocycles. The van der Waals surface area contributed by atoms with Crippen LogP contribution in [0, 0.1) is 0 Å². The van der Waals surface area contributed by atoms with E-state index in [9.17, 15) is 4.79 Å². The quantitative estimate of drug-likeness (QED) is 0.743. The number of hydrogen-bond acceptors (Lipinski definition) is 2. The molecule has 0 spiro atoms. The molecule has 0 atom stereocenters. The van der Waals surface area contributed by atoms with E-state index in [1.165, 1.54) is 6.92 Å². The van der Waals surface area contributed by atoms with Crippen molar-refractivity contribution in [2.45, 2.75) is 6.92 Å². The normalized spacial score (nSPS) is 11.5. The molecule has 1 N–H and O–H groups in total. The van der Waals surface area contributed by atoms with E-state index in [0.29, 0.717) is 5.03 Å². The minimum atomic E-state index is -0.0910. The van der Waals surface area contributed by atoms with Gasteiger partial charge in [0.2, 0.25) is 5.91 Å². The number of para-hydroxylation sites is 1. The number of nitrogens with zero attached hydrogens (tertiary/aromatic N) is 1. The van der Waals surface area contributed by atoms with Gasteiger partial charge in [-0.2, -0.15) is 0 Å². The zero-order chi connectivity index (χ0) is 16.2. The number of rotatable bonds is 3. The fourth-order valence-corrected chi connectivity index (χ4v) is 2.52. The van der Waals surface area contributed by atoms with Gasteiger partial charge >= 0.3 is 0 Å². The third-order valence-electron chi connectivity index (χ3n) is 3.37. The molecule has 0 aliphatic heterocycles. The van der Waals surface area contributed by atoms with Gasteiger partial charge < -0.3 is 5.32 Å². The Hall–Kier alpha value is -2.65. The third-order valence-corrected chi connectivity index (χ3v) is 3.67. The maximum absolute atomic E-state index is 11.0. The number of anilines is 1. The summed E-state index contributed by atoms with van der Waals surface area (Å²) >= 11 is 6.39. The van der Waals surface area contributed by atoms with Crippen molar-refractivity contribution in [3.8, 4) is 0 Å². The molecule has 1 amide bonds. The topological polar surface area (TPSA) is 42.0 Å². The molecular formula is C19H15ClN2O. The van der Waals surface area contributed by atoms with Crippen molar-refractivity contribution >= 4 is 45.2 Å². The molecule has 4 heteroatoms. The lowest BCUT2D eigenvalue weighted by atomic mass is 10.1. The van der Waals surface area contributed by atoms with Gasteiger partial charge in [0.25, 0.3) is 0 Å². The SMILES string of the molecule is CC(=O)Nc1ccc(/C=C(\Cl)c2ccc3ccccc3n2)cc1. The Morgan fingerprint density at radius 1 is 1.04 bits per heavy atom. The highest BCUT2D eigenvalue weighted by molar-refractivity contribution is 6.51. The number of benzene rings is 2. The molecule has 0 aliphatic rings. The van der Waals surface area contributed by atoms with Gasteiger partial charge in [-0.15, -0.1) is 0 Å². The molecule has 2 aromatic carbocycles. The van der Waals surface area contributed by atoms with Crippen LogP contribution in [0.1, 0.15) is 18.2 Å². The van der Waals surface area contributed by atoms with Gasteiger partial charge in [0.05, 0.1) is 16.2 Å². The fourth-order valence-electron chi connectivity index (χ4n) is 2.29. The average molecular weight is 323 g/mol. The first-order valence-electron chi connectivity index (χ1n) is 7.23. The summed E-state index contributed by atoms with van der Waals surface area (Å²) in [6.07, 6.45) is 1.86. The number of carbonyl (C=O) groups excluding carboxylic acids is 1. The zero-order valence-electron chi connectivity index (χ0n) is 12.6. The van der Waals surface area contributed by atoms with E-state index in [1.807, 2.05) is 66.7 Å². The Bertz CT molecular complexity index is 885. The van der Waals surface area contributed by atoms with E-state index in [2.05, 4.69) is 10.3 Å². The number of pyridine rings is 1. The highest BCUT2D eigenvalue weighted by Gasteiger charge is 2.03. The van der Waals surface area contributed by atoms with Gasteiger partial charge in [0, 0.05) is 18.0 Å². The molecule has 114 valence electrons. The predicted octanol–water partition coefficient (Wildman–Crippen LogP) is 4.93. The molecular weight excluding hydrogens is 308 g/mol. The molecule has 1 aromatic heterocycles. The molecule has 0 bridgehead atoms. The van der Waals surface area contributed by atoms with E-state index in [1.54, 1.807) is 0 Å². The van der Waals surface area contributed by atoms with Crippen molar-refractivity contribution < 1.29 is 4.79 Å². The average Bonchev–Trinajstić information content (AvgIpc) is 2.55. The lowest BCUT2D eigenvalue weighted by Gasteiger charge is -2.04. The van der Waals surface area contributed by atoms with Crippen LogP contribution >= 0.6 is 11.6 Å². The van der Waals surface area contributed by atoms with Crippen molar-refractivity contribution in [3.63, 3.8) is 0 Å². The Morgan fingerprint density at radius 2 is 1.78 bits per heavy atom. The molecule has 3 nitrogen and oxygen atoms in total. The first-order chi connectivity index (χ1) is 11.1. The summed E-state index contributed by atoms with van der Waals surface area (Å²) in [6, 6.07) is 19.3. The molecule has 0 saturated carbocycles. The van der Waals surface area contributed by atoms with Crippen molar-refractivity contribution in [2.24, 2.45) is 0 Å². The monoisotopic (exact) mass is 322 g/mol. The van der Waals surface area contributed by atoms with Crippen molar-refractivity contribution in [2.75, 3.05) is 5.32 Å². The van der Waals surface area contributed by atoms with Gasteiger partial charge in [-0.3, -0.25) is 4.79 Å². The second kappa shape index (κ2) is 6.63. The molecule has 3 aromatic rings. The highest BCUT2D eigenvalue weighted by atomic mass is 35.5. The summed E-state index contributed by atoms with van der Waals surface area (Å²) in [7, 11) is 0. The third kappa shape index (κ3) is 3.76. The first-order valence-corrected chi connectivity index (χ1v) is 7.61. The number of aromatic nitrogens is 1. The number of carbonyl (C=O) groups is 1. The van der Waals surface area contributed by atoms with Gasteiger partial charge in [-0.25, -0.2) is 4.98 Å². The number of amides is 1. The van der Waals surface area contributed by atoms with E-state index >= 15 is 0 Å². The summed E-state index contributed by atoms with van der Waals surface area (Å²) in [6.45, 7) is 1.48. The Kier molecular flexibility index (Phi) is 4.40. The van der Waals surface area contributed by atoms with Crippen molar-refractivity contribution in [1.82, 2.24) is 4.98 Å². The zero-order valence-corrected chi connectivity index (χ0v) is 13.3. The largest absolute Gasteiger partial charge is 0.326 e. The van der Waals surface area contributed by atoms with Crippen LogP contribution in [0.25, 0.3) is 22.0 Å². The van der Waals surface area contributed by atoms with E-state index in [0.717, 1.165) is 27.8 Å². The lowest BCUT2D eigenvalue weighted by Crippen LogP contribution is -2.05. The molecule has 0 saturated heterocycles. The maximum atomic E-state index is 11.0. The van der Waals surface area contributed by atoms with E-state index in [4.69, 9.17) is 11.6 Å². The molecule has 0 unspecified atom stereocenters. The minimum Gasteiger partial charge on any atom is -0.326 e. The van der Waals surface area contributed by atoms with Crippen LogP contribution < -0.4 is 5.32 Å². The summed E-state index contributed by atoms with van der Waals surface area (Å²) in [5, 5.41) is 4.39. The van der Waals surface area contributed by atoms with Gasteiger partial charge in [0.1, 0.15) is 0 Å². The Balaban J connectivity index is 1.86. The molecule has 23 heavy (non-hydrogen) atoms. The molecule has 0 radical (unpaired) electrons. The summed E-state index contributed by atoms with van der Waals surface area (Å²) < 4.78 is 0. The van der Waals surface area contributed by atoms with E-state index < -0.39 is 0 Å². The summed E-state index contributed by atoms with van der Waals surface area (Å²) in [5.74, 6) is -0.0910. The van der Waals surface area contributed by atoms with Crippen LogP contribution in [-0.4, -0.2) is 10.9 Å². The maximum Gasteiger partial charge on any atom is 0.221 e. The van der Waals surface area contributed by atoms with Gasteiger partial charge in [-0.05, 0) is 35.9 Å². The van der Waals surface area contributed by atoms with Crippen LogP contribution in [-0.2, 0) is 4.79 Å². The molecule has 3 rings (SSSR count). The molecule has 1 heterocycles. The second-order valence-corrected chi connectivity index (χ2v) is 5.59. The van der Waals surface area contributed by atoms with Crippen LogP contribution in [0.5, 0.6) is 0 Å². The van der Waals surface area contributed by atoms with Crippen LogP contribution in [0.3, 0.4) is 0 Å².